The average molecular weight is 293 g/mol. The number of hydrogen-bond acceptors (Lipinski definition) is 3. The van der Waals surface area contributed by atoms with Crippen molar-refractivity contribution in [3.05, 3.63) is 50.4 Å². The Hall–Kier alpha value is -0.900. The Bertz CT molecular complexity index is 558. The van der Waals surface area contributed by atoms with Gasteiger partial charge in [0.05, 0.1) is 10.7 Å². The summed E-state index contributed by atoms with van der Waals surface area (Å²) in [5, 5.41) is 5.52. The number of rotatable bonds is 5. The third-order valence-electron chi connectivity index (χ3n) is 3.33. The summed E-state index contributed by atoms with van der Waals surface area (Å²) >= 11 is 7.72. The number of aromatic nitrogens is 1. The minimum absolute atomic E-state index is 0.751. The summed E-state index contributed by atoms with van der Waals surface area (Å²) in [5.41, 5.74) is 2.43. The van der Waals surface area contributed by atoms with Gasteiger partial charge in [0.2, 0.25) is 0 Å². The summed E-state index contributed by atoms with van der Waals surface area (Å²) in [5.74, 6) is 0. The van der Waals surface area contributed by atoms with Gasteiger partial charge in [-0.2, -0.15) is 0 Å². The first-order valence-electron chi connectivity index (χ1n) is 6.64. The van der Waals surface area contributed by atoms with E-state index in [9.17, 15) is 0 Å². The molecule has 1 aliphatic rings. The quantitative estimate of drug-likeness (QED) is 0.903. The van der Waals surface area contributed by atoms with E-state index in [0.717, 1.165) is 24.0 Å². The molecule has 0 radical (unpaired) electrons. The van der Waals surface area contributed by atoms with Crippen LogP contribution >= 0.6 is 22.9 Å². The highest BCUT2D eigenvalue weighted by Crippen LogP contribution is 2.24. The van der Waals surface area contributed by atoms with Crippen molar-refractivity contribution in [1.29, 1.82) is 0 Å². The van der Waals surface area contributed by atoms with Crippen LogP contribution in [-0.4, -0.2) is 11.0 Å². The molecule has 1 aromatic heterocycles. The Morgan fingerprint density at radius 3 is 2.74 bits per heavy atom. The SMILES string of the molecule is Cc1nc(Cc2ccc(Cl)cc2)sc1CNC1CC1. The average Bonchev–Trinajstić information content (AvgIpc) is 3.15. The van der Waals surface area contributed by atoms with Gasteiger partial charge in [0.15, 0.2) is 0 Å². The molecule has 1 heterocycles. The molecule has 1 aromatic carbocycles. The molecule has 0 unspecified atom stereocenters. The van der Waals surface area contributed by atoms with E-state index in [1.807, 2.05) is 23.5 Å². The number of hydrogen-bond donors (Lipinski definition) is 1. The summed E-state index contributed by atoms with van der Waals surface area (Å²) in [6, 6.07) is 8.77. The third-order valence-corrected chi connectivity index (χ3v) is 4.74. The fourth-order valence-electron chi connectivity index (χ4n) is 2.03. The monoisotopic (exact) mass is 292 g/mol. The molecule has 1 N–H and O–H groups in total. The summed E-state index contributed by atoms with van der Waals surface area (Å²) in [7, 11) is 0. The second-order valence-electron chi connectivity index (χ2n) is 5.07. The minimum Gasteiger partial charge on any atom is -0.309 e. The Kier molecular flexibility index (Phi) is 3.87. The van der Waals surface area contributed by atoms with Crippen LogP contribution in [0, 0.1) is 6.92 Å². The van der Waals surface area contributed by atoms with E-state index < -0.39 is 0 Å². The Morgan fingerprint density at radius 1 is 1.32 bits per heavy atom. The van der Waals surface area contributed by atoms with Crippen molar-refractivity contribution in [3.63, 3.8) is 0 Å². The zero-order valence-corrected chi connectivity index (χ0v) is 12.5. The highest BCUT2D eigenvalue weighted by atomic mass is 35.5. The molecule has 2 nitrogen and oxygen atoms in total. The van der Waals surface area contributed by atoms with Crippen LogP contribution in [0.4, 0.5) is 0 Å². The maximum atomic E-state index is 5.90. The van der Waals surface area contributed by atoms with E-state index in [1.165, 1.54) is 34.0 Å². The number of thiazole rings is 1. The third kappa shape index (κ3) is 3.56. The highest BCUT2D eigenvalue weighted by molar-refractivity contribution is 7.11. The van der Waals surface area contributed by atoms with E-state index in [1.54, 1.807) is 0 Å². The molecule has 4 heteroatoms. The van der Waals surface area contributed by atoms with Crippen LogP contribution in [0.2, 0.25) is 5.02 Å². The van der Waals surface area contributed by atoms with Gasteiger partial charge in [0, 0.05) is 28.9 Å². The van der Waals surface area contributed by atoms with Crippen molar-refractivity contribution in [2.45, 2.75) is 38.8 Å². The molecule has 0 amide bonds. The standard InChI is InChI=1S/C15H17ClN2S/c1-10-14(9-17-13-6-7-13)19-15(18-10)8-11-2-4-12(16)5-3-11/h2-5,13,17H,6-9H2,1H3. The minimum atomic E-state index is 0.751. The lowest BCUT2D eigenvalue weighted by Crippen LogP contribution is -2.14. The highest BCUT2D eigenvalue weighted by Gasteiger charge is 2.21. The Balaban J connectivity index is 1.66. The molecular weight excluding hydrogens is 276 g/mol. The first kappa shape index (κ1) is 13.1. The molecule has 0 spiro atoms. The topological polar surface area (TPSA) is 24.9 Å². The van der Waals surface area contributed by atoms with Crippen LogP contribution in [-0.2, 0) is 13.0 Å². The molecule has 2 aromatic rings. The Labute approximate surface area is 122 Å². The molecule has 100 valence electrons. The normalized spacial score (nSPS) is 14.8. The Morgan fingerprint density at radius 2 is 2.05 bits per heavy atom. The molecule has 0 aliphatic heterocycles. The van der Waals surface area contributed by atoms with Gasteiger partial charge in [-0.25, -0.2) is 4.98 Å². The number of aryl methyl sites for hydroxylation is 1. The zero-order valence-electron chi connectivity index (χ0n) is 10.9. The lowest BCUT2D eigenvalue weighted by atomic mass is 10.2. The van der Waals surface area contributed by atoms with Gasteiger partial charge in [-0.3, -0.25) is 0 Å². The first-order chi connectivity index (χ1) is 9.20. The predicted octanol–water partition coefficient (Wildman–Crippen LogP) is 3.95. The number of benzene rings is 1. The molecular formula is C15H17ClN2S. The second kappa shape index (κ2) is 5.61. The van der Waals surface area contributed by atoms with Crippen LogP contribution in [0.25, 0.3) is 0 Å². The summed E-state index contributed by atoms with van der Waals surface area (Å²) in [4.78, 5) is 6.04. The number of nitrogens with zero attached hydrogens (tertiary/aromatic N) is 1. The summed E-state index contributed by atoms with van der Waals surface area (Å²) in [6.07, 6.45) is 3.55. The molecule has 1 aliphatic carbocycles. The zero-order chi connectivity index (χ0) is 13.2. The lowest BCUT2D eigenvalue weighted by molar-refractivity contribution is 0.691. The molecule has 0 saturated heterocycles. The van der Waals surface area contributed by atoms with Crippen LogP contribution in [0.1, 0.15) is 34.0 Å². The van der Waals surface area contributed by atoms with Gasteiger partial charge in [0.1, 0.15) is 0 Å². The van der Waals surface area contributed by atoms with Gasteiger partial charge in [-0.1, -0.05) is 23.7 Å². The first-order valence-corrected chi connectivity index (χ1v) is 7.83. The van der Waals surface area contributed by atoms with Crippen molar-refractivity contribution in [1.82, 2.24) is 10.3 Å². The van der Waals surface area contributed by atoms with Crippen LogP contribution in [0.5, 0.6) is 0 Å². The van der Waals surface area contributed by atoms with Gasteiger partial charge >= 0.3 is 0 Å². The van der Waals surface area contributed by atoms with Crippen LogP contribution in [0.15, 0.2) is 24.3 Å². The van der Waals surface area contributed by atoms with Gasteiger partial charge in [-0.05, 0) is 37.5 Å². The van der Waals surface area contributed by atoms with E-state index in [4.69, 9.17) is 11.6 Å². The van der Waals surface area contributed by atoms with E-state index >= 15 is 0 Å². The molecule has 0 atom stereocenters. The maximum absolute atomic E-state index is 5.90. The molecule has 19 heavy (non-hydrogen) atoms. The van der Waals surface area contributed by atoms with Crippen molar-refractivity contribution < 1.29 is 0 Å². The van der Waals surface area contributed by atoms with Crippen LogP contribution < -0.4 is 5.32 Å². The lowest BCUT2D eigenvalue weighted by Gasteiger charge is -1.99. The molecule has 0 bridgehead atoms. The second-order valence-corrected chi connectivity index (χ2v) is 6.68. The smallest absolute Gasteiger partial charge is 0.0975 e. The van der Waals surface area contributed by atoms with E-state index in [2.05, 4.69) is 29.4 Å². The van der Waals surface area contributed by atoms with E-state index in [0.29, 0.717) is 0 Å². The van der Waals surface area contributed by atoms with Gasteiger partial charge in [-0.15, -0.1) is 11.3 Å². The molecule has 3 rings (SSSR count). The molecule has 1 saturated carbocycles. The van der Waals surface area contributed by atoms with Crippen molar-refractivity contribution >= 4 is 22.9 Å². The van der Waals surface area contributed by atoms with Gasteiger partial charge < -0.3 is 5.32 Å². The largest absolute Gasteiger partial charge is 0.309 e. The van der Waals surface area contributed by atoms with Crippen molar-refractivity contribution in [2.24, 2.45) is 0 Å². The van der Waals surface area contributed by atoms with Gasteiger partial charge in [0.25, 0.3) is 0 Å². The summed E-state index contributed by atoms with van der Waals surface area (Å²) < 4.78 is 0. The fourth-order valence-corrected chi connectivity index (χ4v) is 3.21. The molecule has 1 fully saturated rings. The van der Waals surface area contributed by atoms with Crippen molar-refractivity contribution in [3.8, 4) is 0 Å². The number of halogens is 1. The predicted molar refractivity (Wildman–Crippen MR) is 81.0 cm³/mol. The fraction of sp³-hybridized carbons (Fsp3) is 0.400. The van der Waals surface area contributed by atoms with Crippen LogP contribution in [0.3, 0.4) is 0 Å². The maximum Gasteiger partial charge on any atom is 0.0975 e. The number of nitrogens with one attached hydrogen (secondary N) is 1. The summed E-state index contributed by atoms with van der Waals surface area (Å²) in [6.45, 7) is 3.07. The van der Waals surface area contributed by atoms with Crippen molar-refractivity contribution in [2.75, 3.05) is 0 Å². The van der Waals surface area contributed by atoms with E-state index in [-0.39, 0.29) is 0 Å².